The van der Waals surface area contributed by atoms with Gasteiger partial charge in [-0.25, -0.2) is 4.39 Å². The van der Waals surface area contributed by atoms with E-state index in [4.69, 9.17) is 0 Å². The first-order valence-electron chi connectivity index (χ1n) is 7.04. The van der Waals surface area contributed by atoms with E-state index in [0.29, 0.717) is 4.90 Å². The summed E-state index contributed by atoms with van der Waals surface area (Å²) >= 11 is 0. The molecule has 0 aliphatic heterocycles. The zero-order valence-corrected chi connectivity index (χ0v) is 12.8. The van der Waals surface area contributed by atoms with Crippen LogP contribution in [0.15, 0.2) is 53.8 Å². The van der Waals surface area contributed by atoms with E-state index in [-0.39, 0.29) is 17.9 Å². The minimum Gasteiger partial charge on any atom is -0.324 e. The molecule has 9 heteroatoms. The number of alkyl halides is 3. The SMILES string of the molecule is C=CCN(CC(F)(F)F)C(=O)c1ccc(=O)n(-c2ccc(F)cc2)n1. The maximum Gasteiger partial charge on any atom is 0.406 e. The number of hydrogen-bond donors (Lipinski definition) is 0. The van der Waals surface area contributed by atoms with Gasteiger partial charge in [-0.2, -0.15) is 23.0 Å². The van der Waals surface area contributed by atoms with Gasteiger partial charge in [-0.15, -0.1) is 6.58 Å². The van der Waals surface area contributed by atoms with Crippen LogP contribution in [0.1, 0.15) is 10.5 Å². The Balaban J connectivity index is 2.40. The maximum atomic E-state index is 13.0. The van der Waals surface area contributed by atoms with Crippen LogP contribution in [0, 0.1) is 5.82 Å². The number of amides is 1. The molecular formula is C16H13F4N3O2. The average Bonchev–Trinajstić information content (AvgIpc) is 2.54. The normalized spacial score (nSPS) is 11.2. The molecule has 0 aliphatic carbocycles. The van der Waals surface area contributed by atoms with E-state index in [1.54, 1.807) is 0 Å². The summed E-state index contributed by atoms with van der Waals surface area (Å²) in [4.78, 5) is 24.7. The molecule has 0 saturated carbocycles. The van der Waals surface area contributed by atoms with E-state index in [1.165, 1.54) is 12.1 Å². The Morgan fingerprint density at radius 3 is 2.40 bits per heavy atom. The molecule has 0 saturated heterocycles. The number of benzene rings is 1. The molecule has 1 amide bonds. The van der Waals surface area contributed by atoms with Crippen LogP contribution in [-0.4, -0.2) is 39.9 Å². The molecule has 0 fully saturated rings. The quantitative estimate of drug-likeness (QED) is 0.612. The molecule has 1 aromatic heterocycles. The number of aromatic nitrogens is 2. The highest BCUT2D eigenvalue weighted by atomic mass is 19.4. The van der Waals surface area contributed by atoms with Crippen molar-refractivity contribution in [2.24, 2.45) is 0 Å². The molecule has 2 rings (SSSR count). The second kappa shape index (κ2) is 7.29. The predicted octanol–water partition coefficient (Wildman–Crippen LogP) is 2.56. The van der Waals surface area contributed by atoms with Crippen molar-refractivity contribution in [1.29, 1.82) is 0 Å². The third kappa shape index (κ3) is 4.75. The number of nitrogens with zero attached hydrogens (tertiary/aromatic N) is 3. The van der Waals surface area contributed by atoms with Gasteiger partial charge in [-0.05, 0) is 30.3 Å². The number of halogens is 4. The van der Waals surface area contributed by atoms with Gasteiger partial charge in [-0.1, -0.05) is 6.08 Å². The van der Waals surface area contributed by atoms with Crippen LogP contribution in [0.2, 0.25) is 0 Å². The topological polar surface area (TPSA) is 55.2 Å². The third-order valence-corrected chi connectivity index (χ3v) is 3.10. The van der Waals surface area contributed by atoms with Crippen molar-refractivity contribution in [1.82, 2.24) is 14.7 Å². The Kier molecular flexibility index (Phi) is 5.35. The fourth-order valence-corrected chi connectivity index (χ4v) is 2.05. The summed E-state index contributed by atoms with van der Waals surface area (Å²) in [6.07, 6.45) is -3.44. The molecule has 0 aliphatic rings. The lowest BCUT2D eigenvalue weighted by atomic mass is 10.3. The molecule has 5 nitrogen and oxygen atoms in total. The van der Waals surface area contributed by atoms with E-state index in [9.17, 15) is 27.2 Å². The molecule has 0 bridgehead atoms. The molecule has 0 spiro atoms. The molecule has 1 aromatic carbocycles. The van der Waals surface area contributed by atoms with Crippen molar-refractivity contribution in [3.05, 3.63) is 70.9 Å². The minimum absolute atomic E-state index is 0.173. The summed E-state index contributed by atoms with van der Waals surface area (Å²) < 4.78 is 51.6. The van der Waals surface area contributed by atoms with E-state index in [0.717, 1.165) is 35.0 Å². The van der Waals surface area contributed by atoms with Crippen LogP contribution >= 0.6 is 0 Å². The summed E-state index contributed by atoms with van der Waals surface area (Å²) in [5.74, 6) is -1.54. The molecule has 1 heterocycles. The van der Waals surface area contributed by atoms with Crippen LogP contribution in [0.3, 0.4) is 0 Å². The van der Waals surface area contributed by atoms with Gasteiger partial charge in [0.05, 0.1) is 5.69 Å². The van der Waals surface area contributed by atoms with E-state index < -0.39 is 30.0 Å². The molecule has 0 N–H and O–H groups in total. The lowest BCUT2D eigenvalue weighted by Gasteiger charge is -2.22. The largest absolute Gasteiger partial charge is 0.406 e. The van der Waals surface area contributed by atoms with Crippen LogP contribution in [0.5, 0.6) is 0 Å². The summed E-state index contributed by atoms with van der Waals surface area (Å²) in [5, 5.41) is 3.79. The second-order valence-corrected chi connectivity index (χ2v) is 5.03. The van der Waals surface area contributed by atoms with Crippen molar-refractivity contribution in [3.63, 3.8) is 0 Å². The Bertz CT molecular complexity index is 829. The Hall–Kier alpha value is -2.97. The lowest BCUT2D eigenvalue weighted by molar-refractivity contribution is -0.139. The first-order valence-corrected chi connectivity index (χ1v) is 7.04. The minimum atomic E-state index is -4.59. The molecule has 0 atom stereocenters. The van der Waals surface area contributed by atoms with Crippen molar-refractivity contribution in [3.8, 4) is 5.69 Å². The summed E-state index contributed by atoms with van der Waals surface area (Å²) in [6.45, 7) is 1.51. The van der Waals surface area contributed by atoms with Gasteiger partial charge in [0.2, 0.25) is 0 Å². The van der Waals surface area contributed by atoms with Crippen molar-refractivity contribution in [2.75, 3.05) is 13.1 Å². The fourth-order valence-electron chi connectivity index (χ4n) is 2.05. The zero-order chi connectivity index (χ0) is 18.6. The maximum absolute atomic E-state index is 13.0. The second-order valence-electron chi connectivity index (χ2n) is 5.03. The number of carbonyl (C=O) groups is 1. The summed E-state index contributed by atoms with van der Waals surface area (Å²) in [7, 11) is 0. The monoisotopic (exact) mass is 355 g/mol. The van der Waals surface area contributed by atoms with Crippen molar-refractivity contribution < 1.29 is 22.4 Å². The highest BCUT2D eigenvalue weighted by Gasteiger charge is 2.33. The number of rotatable bonds is 5. The smallest absolute Gasteiger partial charge is 0.324 e. The third-order valence-electron chi connectivity index (χ3n) is 3.10. The zero-order valence-electron chi connectivity index (χ0n) is 12.8. The standard InChI is InChI=1S/C16H13F4N3O2/c1-2-9-22(10-16(18,19)20)15(25)13-7-8-14(24)23(21-13)12-5-3-11(17)4-6-12/h2-8H,1,9-10H2. The van der Waals surface area contributed by atoms with E-state index in [1.807, 2.05) is 0 Å². The summed E-state index contributed by atoms with van der Waals surface area (Å²) in [6, 6.07) is 6.74. The highest BCUT2D eigenvalue weighted by molar-refractivity contribution is 5.92. The van der Waals surface area contributed by atoms with Crippen LogP contribution in [0.25, 0.3) is 5.69 Å². The van der Waals surface area contributed by atoms with Gasteiger partial charge >= 0.3 is 6.18 Å². The summed E-state index contributed by atoms with van der Waals surface area (Å²) in [5.41, 5.74) is -0.795. The van der Waals surface area contributed by atoms with Crippen molar-refractivity contribution >= 4 is 5.91 Å². The van der Waals surface area contributed by atoms with Crippen molar-refractivity contribution in [2.45, 2.75) is 6.18 Å². The van der Waals surface area contributed by atoms with Gasteiger partial charge in [0.25, 0.3) is 11.5 Å². The molecule has 2 aromatic rings. The first-order chi connectivity index (χ1) is 11.7. The average molecular weight is 355 g/mol. The highest BCUT2D eigenvalue weighted by Crippen LogP contribution is 2.17. The fraction of sp³-hybridized carbons (Fsp3) is 0.188. The Morgan fingerprint density at radius 2 is 1.84 bits per heavy atom. The number of hydrogen-bond acceptors (Lipinski definition) is 3. The lowest BCUT2D eigenvalue weighted by Crippen LogP contribution is -2.40. The molecule has 132 valence electrons. The van der Waals surface area contributed by atoms with Crippen LogP contribution < -0.4 is 5.56 Å². The Morgan fingerprint density at radius 1 is 1.20 bits per heavy atom. The molecule has 0 unspecified atom stereocenters. The molecule has 25 heavy (non-hydrogen) atoms. The van der Waals surface area contributed by atoms with E-state index >= 15 is 0 Å². The van der Waals surface area contributed by atoms with E-state index in [2.05, 4.69) is 11.7 Å². The molecule has 0 radical (unpaired) electrons. The Labute approximate surface area is 139 Å². The van der Waals surface area contributed by atoms with Gasteiger partial charge in [0.15, 0.2) is 0 Å². The van der Waals surface area contributed by atoms with Gasteiger partial charge in [0, 0.05) is 12.6 Å². The predicted molar refractivity (Wildman–Crippen MR) is 81.9 cm³/mol. The first kappa shape index (κ1) is 18.4. The van der Waals surface area contributed by atoms with Gasteiger partial charge in [0.1, 0.15) is 18.1 Å². The molecular weight excluding hydrogens is 342 g/mol. The van der Waals surface area contributed by atoms with Gasteiger partial charge in [-0.3, -0.25) is 9.59 Å². The van der Waals surface area contributed by atoms with Crippen LogP contribution in [0.4, 0.5) is 17.6 Å². The van der Waals surface area contributed by atoms with Crippen LogP contribution in [-0.2, 0) is 0 Å². The number of carbonyl (C=O) groups excluding carboxylic acids is 1. The van der Waals surface area contributed by atoms with Gasteiger partial charge < -0.3 is 4.90 Å².